The van der Waals surface area contributed by atoms with Crippen LogP contribution in [-0.4, -0.2) is 38.1 Å². The van der Waals surface area contributed by atoms with Gasteiger partial charge in [0.25, 0.3) is 0 Å². The van der Waals surface area contributed by atoms with Crippen LogP contribution in [0.5, 0.6) is 0 Å². The molecule has 0 spiro atoms. The summed E-state index contributed by atoms with van der Waals surface area (Å²) in [6.45, 7) is -0.752. The molecule has 0 atom stereocenters. The maximum Gasteiger partial charge on any atom is 0.340 e. The molecule has 3 aromatic rings. The first-order valence-corrected chi connectivity index (χ1v) is 10.1. The molecule has 2 amide bonds. The average Bonchev–Trinajstić information content (AvgIpc) is 2.81. The standard InChI is InChI=1S/C24H20ClFN2O5/c1-32-24(31)20-12-17(25)6-11-21(20)28-23(30)14-33-13-22(29)27-19-9-4-16(5-10-19)15-2-7-18(26)8-3-15/h2-12H,13-14H2,1H3,(H,27,29)(H,28,30). The van der Waals surface area contributed by atoms with Crippen molar-refractivity contribution in [2.75, 3.05) is 31.0 Å². The maximum absolute atomic E-state index is 13.0. The van der Waals surface area contributed by atoms with Crippen LogP contribution < -0.4 is 10.6 Å². The molecule has 0 aliphatic rings. The lowest BCUT2D eigenvalue weighted by atomic mass is 10.1. The van der Waals surface area contributed by atoms with Crippen molar-refractivity contribution in [3.8, 4) is 11.1 Å². The van der Waals surface area contributed by atoms with Crippen LogP contribution >= 0.6 is 11.6 Å². The molecule has 0 aliphatic heterocycles. The normalized spacial score (nSPS) is 10.4. The van der Waals surface area contributed by atoms with Crippen LogP contribution in [0.2, 0.25) is 5.02 Å². The summed E-state index contributed by atoms with van der Waals surface area (Å²) in [5, 5.41) is 5.49. The smallest absolute Gasteiger partial charge is 0.340 e. The Morgan fingerprint density at radius 2 is 1.42 bits per heavy atom. The van der Waals surface area contributed by atoms with Crippen molar-refractivity contribution in [1.82, 2.24) is 0 Å². The number of rotatable bonds is 8. The molecule has 0 heterocycles. The number of hydrogen-bond acceptors (Lipinski definition) is 5. The zero-order chi connectivity index (χ0) is 23.8. The molecule has 3 rings (SSSR count). The number of ether oxygens (including phenoxy) is 2. The van der Waals surface area contributed by atoms with Gasteiger partial charge in [-0.3, -0.25) is 9.59 Å². The highest BCUT2D eigenvalue weighted by Crippen LogP contribution is 2.22. The molecule has 33 heavy (non-hydrogen) atoms. The number of carbonyl (C=O) groups excluding carboxylic acids is 3. The molecule has 0 saturated heterocycles. The van der Waals surface area contributed by atoms with Gasteiger partial charge in [0.2, 0.25) is 11.8 Å². The van der Waals surface area contributed by atoms with E-state index in [0.29, 0.717) is 10.7 Å². The van der Waals surface area contributed by atoms with Gasteiger partial charge in [0.1, 0.15) is 19.0 Å². The largest absolute Gasteiger partial charge is 0.465 e. The Balaban J connectivity index is 1.47. The molecule has 0 radical (unpaired) electrons. The zero-order valence-corrected chi connectivity index (χ0v) is 18.3. The van der Waals surface area contributed by atoms with Crippen LogP contribution in [0.15, 0.2) is 66.7 Å². The van der Waals surface area contributed by atoms with Crippen molar-refractivity contribution in [2.24, 2.45) is 0 Å². The molecule has 0 aromatic heterocycles. The first-order valence-electron chi connectivity index (χ1n) is 9.77. The third-order valence-corrected chi connectivity index (χ3v) is 4.71. The lowest BCUT2D eigenvalue weighted by Gasteiger charge is -2.11. The lowest BCUT2D eigenvalue weighted by Crippen LogP contribution is -2.24. The number of anilines is 2. The molecule has 0 aliphatic carbocycles. The number of benzene rings is 3. The van der Waals surface area contributed by atoms with Gasteiger partial charge in [-0.25, -0.2) is 9.18 Å². The van der Waals surface area contributed by atoms with Crippen molar-refractivity contribution >= 4 is 40.8 Å². The fraction of sp³-hybridized carbons (Fsp3) is 0.125. The molecule has 0 bridgehead atoms. The minimum Gasteiger partial charge on any atom is -0.465 e. The Kier molecular flexibility index (Phi) is 8.12. The second-order valence-electron chi connectivity index (χ2n) is 6.85. The Bertz CT molecular complexity index is 1150. The van der Waals surface area contributed by atoms with E-state index in [0.717, 1.165) is 11.1 Å². The molecule has 0 saturated carbocycles. The highest BCUT2D eigenvalue weighted by Gasteiger charge is 2.15. The van der Waals surface area contributed by atoms with Gasteiger partial charge in [-0.05, 0) is 53.6 Å². The summed E-state index contributed by atoms with van der Waals surface area (Å²) in [5.41, 5.74) is 2.57. The van der Waals surface area contributed by atoms with E-state index in [-0.39, 0.29) is 23.7 Å². The van der Waals surface area contributed by atoms with E-state index in [2.05, 4.69) is 15.4 Å². The van der Waals surface area contributed by atoms with Crippen LogP contribution in [0.25, 0.3) is 11.1 Å². The van der Waals surface area contributed by atoms with Gasteiger partial charge in [-0.2, -0.15) is 0 Å². The molecule has 9 heteroatoms. The predicted molar refractivity (Wildman–Crippen MR) is 123 cm³/mol. The highest BCUT2D eigenvalue weighted by molar-refractivity contribution is 6.31. The van der Waals surface area contributed by atoms with Gasteiger partial charge < -0.3 is 20.1 Å². The van der Waals surface area contributed by atoms with Crippen LogP contribution in [0, 0.1) is 5.82 Å². The van der Waals surface area contributed by atoms with Crippen molar-refractivity contribution in [3.05, 3.63) is 83.1 Å². The summed E-state index contributed by atoms with van der Waals surface area (Å²) < 4.78 is 22.9. The van der Waals surface area contributed by atoms with E-state index >= 15 is 0 Å². The number of carbonyl (C=O) groups is 3. The van der Waals surface area contributed by atoms with Gasteiger partial charge in [0, 0.05) is 10.7 Å². The SMILES string of the molecule is COC(=O)c1cc(Cl)ccc1NC(=O)COCC(=O)Nc1ccc(-c2ccc(F)cc2)cc1. The van der Waals surface area contributed by atoms with Gasteiger partial charge >= 0.3 is 5.97 Å². The van der Waals surface area contributed by atoms with Crippen LogP contribution in [0.4, 0.5) is 15.8 Å². The molecule has 7 nitrogen and oxygen atoms in total. The summed E-state index contributed by atoms with van der Waals surface area (Å²) in [4.78, 5) is 36.0. The maximum atomic E-state index is 13.0. The van der Waals surface area contributed by atoms with E-state index in [1.54, 1.807) is 36.4 Å². The molecular weight excluding hydrogens is 451 g/mol. The first-order chi connectivity index (χ1) is 15.9. The highest BCUT2D eigenvalue weighted by atomic mass is 35.5. The Hall–Kier alpha value is -3.75. The monoisotopic (exact) mass is 470 g/mol. The summed E-state index contributed by atoms with van der Waals surface area (Å²) in [5.74, 6) is -1.97. The second kappa shape index (κ2) is 11.2. The molecular formula is C24H20ClFN2O5. The summed E-state index contributed by atoms with van der Waals surface area (Å²) in [6.07, 6.45) is 0. The molecule has 170 valence electrons. The molecule has 0 unspecified atom stereocenters. The average molecular weight is 471 g/mol. The van der Waals surface area contributed by atoms with E-state index < -0.39 is 24.4 Å². The number of nitrogens with one attached hydrogen (secondary N) is 2. The Labute approximate surface area is 194 Å². The second-order valence-corrected chi connectivity index (χ2v) is 7.29. The zero-order valence-electron chi connectivity index (χ0n) is 17.6. The fourth-order valence-electron chi connectivity index (χ4n) is 2.91. The number of methoxy groups -OCH3 is 1. The van der Waals surface area contributed by atoms with Gasteiger partial charge in [0.15, 0.2) is 0 Å². The van der Waals surface area contributed by atoms with E-state index in [9.17, 15) is 18.8 Å². The minimum absolute atomic E-state index is 0.0974. The van der Waals surface area contributed by atoms with Crippen molar-refractivity contribution in [2.45, 2.75) is 0 Å². The van der Waals surface area contributed by atoms with Crippen molar-refractivity contribution < 1.29 is 28.2 Å². The Morgan fingerprint density at radius 3 is 2.03 bits per heavy atom. The first kappa shape index (κ1) is 23.9. The van der Waals surface area contributed by atoms with E-state index in [4.69, 9.17) is 16.3 Å². The van der Waals surface area contributed by atoms with Gasteiger partial charge in [-0.15, -0.1) is 0 Å². The van der Waals surface area contributed by atoms with Crippen LogP contribution in [0.3, 0.4) is 0 Å². The summed E-state index contributed by atoms with van der Waals surface area (Å²) in [7, 11) is 1.22. The topological polar surface area (TPSA) is 93.7 Å². The van der Waals surface area contributed by atoms with E-state index in [1.807, 2.05) is 0 Å². The van der Waals surface area contributed by atoms with E-state index in [1.165, 1.54) is 37.4 Å². The summed E-state index contributed by atoms with van der Waals surface area (Å²) >= 11 is 5.88. The minimum atomic E-state index is -0.654. The van der Waals surface area contributed by atoms with Gasteiger partial charge in [0.05, 0.1) is 18.4 Å². The number of halogens is 2. The van der Waals surface area contributed by atoms with Gasteiger partial charge in [-0.1, -0.05) is 35.9 Å². The fourth-order valence-corrected chi connectivity index (χ4v) is 3.08. The number of hydrogen-bond donors (Lipinski definition) is 2. The quantitative estimate of drug-likeness (QED) is 0.472. The van der Waals surface area contributed by atoms with Crippen molar-refractivity contribution in [1.29, 1.82) is 0 Å². The lowest BCUT2D eigenvalue weighted by molar-refractivity contribution is -0.125. The molecule has 2 N–H and O–H groups in total. The number of esters is 1. The number of amides is 2. The Morgan fingerprint density at radius 1 is 0.848 bits per heavy atom. The van der Waals surface area contributed by atoms with Crippen molar-refractivity contribution in [3.63, 3.8) is 0 Å². The van der Waals surface area contributed by atoms with Crippen LogP contribution in [-0.2, 0) is 19.1 Å². The molecule has 0 fully saturated rings. The predicted octanol–water partition coefficient (Wildman–Crippen LogP) is 4.53. The third-order valence-electron chi connectivity index (χ3n) is 4.47. The third kappa shape index (κ3) is 6.86. The van der Waals surface area contributed by atoms with Crippen LogP contribution in [0.1, 0.15) is 10.4 Å². The molecule has 3 aromatic carbocycles. The summed E-state index contributed by atoms with van der Waals surface area (Å²) in [6, 6.07) is 17.4.